The Morgan fingerprint density at radius 2 is 1.76 bits per heavy atom. The van der Waals surface area contributed by atoms with Gasteiger partial charge in [0.05, 0.1) is 0 Å². The number of ether oxygens (including phenoxy) is 1. The highest BCUT2D eigenvalue weighted by molar-refractivity contribution is 5.20. The van der Waals surface area contributed by atoms with E-state index in [0.717, 1.165) is 5.56 Å². The van der Waals surface area contributed by atoms with Crippen LogP contribution >= 0.6 is 0 Å². The average molecular weight is 307 g/mol. The molecule has 0 radical (unpaired) electrons. The smallest absolute Gasteiger partial charge is 0.372 e. The van der Waals surface area contributed by atoms with E-state index in [0.29, 0.717) is 13.0 Å². The number of nitrogens with one attached hydrogen (secondary N) is 1. The maximum absolute atomic E-state index is 12.9. The molecule has 0 heterocycles. The summed E-state index contributed by atoms with van der Waals surface area (Å²) in [4.78, 5) is 0. The normalized spacial score (nSPS) is 13.7. The molecule has 1 rings (SSSR count). The van der Waals surface area contributed by atoms with E-state index in [4.69, 9.17) is 0 Å². The van der Waals surface area contributed by atoms with Gasteiger partial charge in [-0.3, -0.25) is 0 Å². The van der Waals surface area contributed by atoms with Crippen LogP contribution in [0.15, 0.2) is 24.3 Å². The average Bonchev–Trinajstić information content (AvgIpc) is 2.38. The second kappa shape index (κ2) is 8.34. The third-order valence-corrected chi connectivity index (χ3v) is 2.99. The highest BCUT2D eigenvalue weighted by Gasteiger charge is 2.27. The van der Waals surface area contributed by atoms with Crippen LogP contribution in [0.1, 0.15) is 31.7 Å². The minimum atomic E-state index is -4.30. The maximum Gasteiger partial charge on any atom is 0.411 e. The first-order valence-electron chi connectivity index (χ1n) is 6.91. The van der Waals surface area contributed by atoms with E-state index in [-0.39, 0.29) is 24.4 Å². The first kappa shape index (κ1) is 17.9. The van der Waals surface area contributed by atoms with Gasteiger partial charge in [-0.2, -0.15) is 13.2 Å². The third kappa shape index (κ3) is 8.02. The molecule has 1 aromatic carbocycles. The van der Waals surface area contributed by atoms with Crippen molar-refractivity contribution in [2.45, 2.75) is 38.4 Å². The number of benzene rings is 1. The van der Waals surface area contributed by atoms with Crippen molar-refractivity contribution < 1.29 is 22.3 Å². The van der Waals surface area contributed by atoms with E-state index in [1.54, 1.807) is 12.1 Å². The molecule has 120 valence electrons. The monoisotopic (exact) mass is 307 g/mol. The number of alkyl halides is 3. The predicted octanol–water partition coefficient (Wildman–Crippen LogP) is 3.88. The lowest BCUT2D eigenvalue weighted by Crippen LogP contribution is -2.29. The van der Waals surface area contributed by atoms with E-state index >= 15 is 0 Å². The van der Waals surface area contributed by atoms with Crippen LogP contribution in [0.4, 0.5) is 17.6 Å². The van der Waals surface area contributed by atoms with Crippen LogP contribution in [0, 0.1) is 5.82 Å². The molecule has 0 saturated heterocycles. The van der Waals surface area contributed by atoms with Crippen LogP contribution in [-0.4, -0.2) is 32.0 Å². The Labute approximate surface area is 122 Å². The zero-order valence-electron chi connectivity index (χ0n) is 12.2. The molecule has 21 heavy (non-hydrogen) atoms. The lowest BCUT2D eigenvalue weighted by Gasteiger charge is -2.20. The molecule has 2 nitrogen and oxygen atoms in total. The van der Waals surface area contributed by atoms with E-state index in [9.17, 15) is 17.6 Å². The quantitative estimate of drug-likeness (QED) is 0.581. The fraction of sp³-hybridized carbons (Fsp3) is 0.600. The molecule has 0 spiro atoms. The van der Waals surface area contributed by atoms with E-state index in [1.165, 1.54) is 12.1 Å². The third-order valence-electron chi connectivity index (χ3n) is 2.99. The van der Waals surface area contributed by atoms with E-state index in [2.05, 4.69) is 10.1 Å². The Morgan fingerprint density at radius 3 is 2.29 bits per heavy atom. The van der Waals surface area contributed by atoms with Crippen molar-refractivity contribution in [1.82, 2.24) is 5.32 Å². The van der Waals surface area contributed by atoms with E-state index in [1.807, 2.05) is 13.8 Å². The van der Waals surface area contributed by atoms with Gasteiger partial charge in [-0.15, -0.1) is 0 Å². The van der Waals surface area contributed by atoms with Gasteiger partial charge < -0.3 is 10.1 Å². The van der Waals surface area contributed by atoms with Crippen molar-refractivity contribution in [3.05, 3.63) is 35.6 Å². The Bertz CT molecular complexity index is 403. The topological polar surface area (TPSA) is 21.3 Å². The molecule has 0 bridgehead atoms. The lowest BCUT2D eigenvalue weighted by atomic mass is 9.95. The highest BCUT2D eigenvalue weighted by Crippen LogP contribution is 2.21. The fourth-order valence-corrected chi connectivity index (χ4v) is 1.91. The number of hydrogen-bond donors (Lipinski definition) is 1. The molecule has 1 atom stereocenters. The fourth-order valence-electron chi connectivity index (χ4n) is 1.91. The van der Waals surface area contributed by atoms with Gasteiger partial charge in [0, 0.05) is 19.2 Å². The predicted molar refractivity (Wildman–Crippen MR) is 73.8 cm³/mol. The molecule has 0 aromatic heterocycles. The SMILES string of the molecule is CC(C)NCC(CCOCC(F)(F)F)c1ccc(F)cc1. The number of rotatable bonds is 8. The van der Waals surface area contributed by atoms with Crippen molar-refractivity contribution in [3.8, 4) is 0 Å². The lowest BCUT2D eigenvalue weighted by molar-refractivity contribution is -0.174. The standard InChI is InChI=1S/C15H21F4NO/c1-11(2)20-9-13(7-8-21-10-15(17,18)19)12-3-5-14(16)6-4-12/h3-6,11,13,20H,7-10H2,1-2H3. The molecule has 0 amide bonds. The summed E-state index contributed by atoms with van der Waals surface area (Å²) in [7, 11) is 0. The highest BCUT2D eigenvalue weighted by atomic mass is 19.4. The van der Waals surface area contributed by atoms with E-state index < -0.39 is 12.8 Å². The summed E-state index contributed by atoms with van der Waals surface area (Å²) < 4.78 is 53.7. The molecule has 0 aliphatic carbocycles. The number of halogens is 4. The zero-order valence-corrected chi connectivity index (χ0v) is 12.2. The Morgan fingerprint density at radius 1 is 1.14 bits per heavy atom. The van der Waals surface area contributed by atoms with Crippen LogP contribution in [0.3, 0.4) is 0 Å². The summed E-state index contributed by atoms with van der Waals surface area (Å²) in [5, 5.41) is 3.24. The van der Waals surface area contributed by atoms with Crippen molar-refractivity contribution in [3.63, 3.8) is 0 Å². The molecule has 6 heteroatoms. The maximum atomic E-state index is 12.9. The molecule has 0 aliphatic heterocycles. The molecule has 1 unspecified atom stereocenters. The molecule has 1 N–H and O–H groups in total. The second-order valence-corrected chi connectivity index (χ2v) is 5.27. The summed E-state index contributed by atoms with van der Waals surface area (Å²) in [6, 6.07) is 6.30. The second-order valence-electron chi connectivity index (χ2n) is 5.27. The summed E-state index contributed by atoms with van der Waals surface area (Å²) in [5.74, 6) is -0.344. The summed E-state index contributed by atoms with van der Waals surface area (Å²) in [6.45, 7) is 3.37. The van der Waals surface area contributed by atoms with Gasteiger partial charge in [0.2, 0.25) is 0 Å². The van der Waals surface area contributed by atoms with Gasteiger partial charge in [-0.05, 0) is 30.0 Å². The summed E-state index contributed by atoms with van der Waals surface area (Å²) in [6.07, 6.45) is -3.86. The van der Waals surface area contributed by atoms with Gasteiger partial charge >= 0.3 is 6.18 Å². The summed E-state index contributed by atoms with van der Waals surface area (Å²) in [5.41, 5.74) is 0.889. The van der Waals surface area contributed by atoms with Crippen LogP contribution in [0.5, 0.6) is 0 Å². The summed E-state index contributed by atoms with van der Waals surface area (Å²) >= 11 is 0. The van der Waals surface area contributed by atoms with Crippen LogP contribution in [-0.2, 0) is 4.74 Å². The van der Waals surface area contributed by atoms with Crippen molar-refractivity contribution in [1.29, 1.82) is 0 Å². The molecule has 0 aliphatic rings. The van der Waals surface area contributed by atoms with Gasteiger partial charge in [0.15, 0.2) is 0 Å². The molecular weight excluding hydrogens is 286 g/mol. The van der Waals surface area contributed by atoms with Crippen LogP contribution < -0.4 is 5.32 Å². The first-order valence-corrected chi connectivity index (χ1v) is 6.91. The van der Waals surface area contributed by atoms with Gasteiger partial charge in [0.25, 0.3) is 0 Å². The Kier molecular flexibility index (Phi) is 7.11. The Balaban J connectivity index is 2.54. The molecule has 0 fully saturated rings. The minimum Gasteiger partial charge on any atom is -0.372 e. The van der Waals surface area contributed by atoms with Gasteiger partial charge in [0.1, 0.15) is 12.4 Å². The largest absolute Gasteiger partial charge is 0.411 e. The van der Waals surface area contributed by atoms with Crippen molar-refractivity contribution in [2.24, 2.45) is 0 Å². The van der Waals surface area contributed by atoms with Crippen LogP contribution in [0.25, 0.3) is 0 Å². The van der Waals surface area contributed by atoms with Gasteiger partial charge in [-0.25, -0.2) is 4.39 Å². The molecular formula is C15H21F4NO. The zero-order chi connectivity index (χ0) is 15.9. The van der Waals surface area contributed by atoms with Crippen LogP contribution in [0.2, 0.25) is 0 Å². The molecule has 0 saturated carbocycles. The Hall–Kier alpha value is -1.14. The number of hydrogen-bond acceptors (Lipinski definition) is 2. The van der Waals surface area contributed by atoms with Crippen molar-refractivity contribution >= 4 is 0 Å². The van der Waals surface area contributed by atoms with Gasteiger partial charge in [-0.1, -0.05) is 26.0 Å². The minimum absolute atomic E-state index is 0.0127. The molecule has 1 aromatic rings. The first-order chi connectivity index (χ1) is 9.78. The van der Waals surface area contributed by atoms with Crippen molar-refractivity contribution in [2.75, 3.05) is 19.8 Å².